The molecule has 4 atom stereocenters. The minimum absolute atomic E-state index is 0.0149. The fraction of sp³-hybridized carbons (Fsp3) is 0.593. The number of anilines is 3. The molecule has 6 fully saturated rings. The second kappa shape index (κ2) is 24.5. The standard InChI is InChI=1S/C27H35Cl2N5O2.C14H24N2O2.C13H12Cl3N3/c1-17-12-30-26(32-25(17)31-18(2)23-7-6-21(28)9-24(23)29)34-14-20(15-34)19-5-4-8-33(13-19)22-10-27(3,11-22)36-16-35;1-14(18-10-17)5-13(6-14)16-4-2-3-11(9-16)12-7-15-8-12;1-7-6-17-13(16)19-12(7)18-8(2)10-4-3-9(14)5-11(10)15/h6-7,9,12,16,18-20,22H,4-5,8,10-11,13-15H2,1-3H3,(H,30,31,32);10-13,15H,2-9H2,1H3;3-6,8H,1-2H3,(H,17,18,19)/t18-,19+,22?,27?;11-,13?,14?;8-/m101/s1. The van der Waals surface area contributed by atoms with Gasteiger partial charge in [-0.1, -0.05) is 58.5 Å². The highest BCUT2D eigenvalue weighted by atomic mass is 35.5. The van der Waals surface area contributed by atoms with Crippen molar-refractivity contribution in [2.24, 2.45) is 23.7 Å². The highest BCUT2D eigenvalue weighted by molar-refractivity contribution is 6.35. The summed E-state index contributed by atoms with van der Waals surface area (Å²) in [6.45, 7) is 22.5. The third-order valence-corrected chi connectivity index (χ3v) is 17.5. The maximum absolute atomic E-state index is 10.7. The van der Waals surface area contributed by atoms with Gasteiger partial charge in [0.15, 0.2) is 0 Å². The number of nitrogens with one attached hydrogen (secondary N) is 3. The molecule has 10 rings (SSSR count). The summed E-state index contributed by atoms with van der Waals surface area (Å²) in [5.74, 6) is 5.46. The van der Waals surface area contributed by atoms with Crippen molar-refractivity contribution in [3.05, 3.63) is 96.4 Å². The number of ether oxygens (including phenoxy) is 2. The van der Waals surface area contributed by atoms with Crippen LogP contribution in [0.2, 0.25) is 25.4 Å². The van der Waals surface area contributed by atoms with E-state index >= 15 is 0 Å². The zero-order chi connectivity index (χ0) is 52.0. The van der Waals surface area contributed by atoms with E-state index in [1.807, 2.05) is 52.1 Å². The van der Waals surface area contributed by atoms with Crippen LogP contribution < -0.4 is 20.9 Å². The second-order valence-corrected chi connectivity index (χ2v) is 23.8. The molecule has 6 aliphatic rings. The number of aryl methyl sites for hydroxylation is 2. The lowest BCUT2D eigenvalue weighted by atomic mass is 9.73. The molecule has 2 saturated carbocycles. The molecule has 6 heterocycles. The van der Waals surface area contributed by atoms with E-state index in [1.165, 1.54) is 51.9 Å². The topological polar surface area (TPSA) is 150 Å². The Labute approximate surface area is 456 Å². The van der Waals surface area contributed by atoms with E-state index < -0.39 is 0 Å². The Bertz CT molecular complexity index is 2520. The number of hydrogen-bond donors (Lipinski definition) is 3. The zero-order valence-corrected chi connectivity index (χ0v) is 46.6. The molecule has 4 aromatic rings. The molecule has 0 spiro atoms. The predicted molar refractivity (Wildman–Crippen MR) is 293 cm³/mol. The van der Waals surface area contributed by atoms with E-state index in [4.69, 9.17) is 72.5 Å². The molecule has 2 aliphatic carbocycles. The Kier molecular flexibility index (Phi) is 18.6. The lowest BCUT2D eigenvalue weighted by Gasteiger charge is -2.52. The summed E-state index contributed by atoms with van der Waals surface area (Å²) in [5, 5.41) is 12.9. The van der Waals surface area contributed by atoms with Gasteiger partial charge in [-0.05, 0) is 164 Å². The first-order valence-corrected chi connectivity index (χ1v) is 27.7. The summed E-state index contributed by atoms with van der Waals surface area (Å²) < 4.78 is 10.5. The Balaban J connectivity index is 0.000000161. The van der Waals surface area contributed by atoms with Crippen molar-refractivity contribution in [1.29, 1.82) is 0 Å². The molecule has 2 aromatic carbocycles. The van der Waals surface area contributed by atoms with Crippen molar-refractivity contribution in [2.45, 2.75) is 128 Å². The molecule has 19 heteroatoms. The summed E-state index contributed by atoms with van der Waals surface area (Å²) in [5.41, 5.74) is 3.40. The third-order valence-electron chi connectivity index (χ3n) is 16.2. The summed E-state index contributed by atoms with van der Waals surface area (Å²) in [7, 11) is 0. The van der Waals surface area contributed by atoms with Crippen LogP contribution in [0, 0.1) is 37.5 Å². The first kappa shape index (κ1) is 55.5. The molecule has 14 nitrogen and oxygen atoms in total. The van der Waals surface area contributed by atoms with E-state index in [-0.39, 0.29) is 28.6 Å². The van der Waals surface area contributed by atoms with Crippen molar-refractivity contribution >= 4 is 88.5 Å². The summed E-state index contributed by atoms with van der Waals surface area (Å²) in [6, 6.07) is 12.1. The lowest BCUT2D eigenvalue weighted by molar-refractivity contribution is -0.161. The van der Waals surface area contributed by atoms with Crippen molar-refractivity contribution < 1.29 is 19.1 Å². The molecule has 0 unspecified atom stereocenters. The van der Waals surface area contributed by atoms with Crippen molar-refractivity contribution in [1.82, 2.24) is 35.1 Å². The van der Waals surface area contributed by atoms with Gasteiger partial charge < -0.3 is 30.3 Å². The van der Waals surface area contributed by atoms with Crippen LogP contribution in [0.5, 0.6) is 0 Å². The van der Waals surface area contributed by atoms with Gasteiger partial charge in [-0.2, -0.15) is 4.98 Å². The lowest BCUT2D eigenvalue weighted by Crippen LogP contribution is -2.59. The SMILES string of the molecule is CC1(OC=O)CC(N2CCC[C@H](C3CNC3)C2)C1.Cc1cnc(Cl)nc1N[C@H](C)c1ccc(Cl)cc1Cl.Cc1cnc(N2CC([C@H]3CCCN(C4CC(C)(OC=O)C4)C3)C2)nc1N[C@H](C)c1ccc(Cl)cc1Cl. The fourth-order valence-electron chi connectivity index (χ4n) is 11.5. The molecule has 4 saturated heterocycles. The van der Waals surface area contributed by atoms with Crippen molar-refractivity contribution in [3.63, 3.8) is 0 Å². The molecule has 0 amide bonds. The quantitative estimate of drug-likeness (QED) is 0.0765. The normalized spacial score (nSPS) is 27.1. The summed E-state index contributed by atoms with van der Waals surface area (Å²) in [6.07, 6.45) is 12.8. The Morgan fingerprint density at radius 1 is 0.658 bits per heavy atom. The number of benzene rings is 2. The van der Waals surface area contributed by atoms with Gasteiger partial charge in [0.2, 0.25) is 11.2 Å². The maximum Gasteiger partial charge on any atom is 0.293 e. The number of halogens is 5. The first-order chi connectivity index (χ1) is 34.9. The van der Waals surface area contributed by atoms with Crippen LogP contribution in [0.25, 0.3) is 0 Å². The second-order valence-electron chi connectivity index (χ2n) is 21.8. The molecule has 0 radical (unpaired) electrons. The van der Waals surface area contributed by atoms with Gasteiger partial charge in [-0.25, -0.2) is 15.0 Å². The van der Waals surface area contributed by atoms with Crippen LogP contribution in [-0.2, 0) is 19.1 Å². The van der Waals surface area contributed by atoms with Gasteiger partial charge in [-0.3, -0.25) is 19.4 Å². The van der Waals surface area contributed by atoms with Gasteiger partial charge in [0.1, 0.15) is 22.8 Å². The average Bonchev–Trinajstić information content (AvgIpc) is 3.29. The highest BCUT2D eigenvalue weighted by Crippen LogP contribution is 2.43. The molecular formula is C54H71Cl5N10O4. The summed E-state index contributed by atoms with van der Waals surface area (Å²) >= 11 is 30.3. The van der Waals surface area contributed by atoms with Gasteiger partial charge in [0.25, 0.3) is 12.9 Å². The number of nitrogens with zero attached hydrogens (tertiary/aromatic N) is 7. The van der Waals surface area contributed by atoms with Crippen LogP contribution in [-0.4, -0.2) is 118 Å². The van der Waals surface area contributed by atoms with Crippen LogP contribution >= 0.6 is 58.0 Å². The molecule has 2 aromatic heterocycles. The number of rotatable bonds is 15. The van der Waals surface area contributed by atoms with E-state index in [0.29, 0.717) is 62.8 Å². The van der Waals surface area contributed by atoms with Gasteiger partial charge >= 0.3 is 0 Å². The third kappa shape index (κ3) is 14.0. The van der Waals surface area contributed by atoms with E-state index in [1.54, 1.807) is 24.4 Å². The monoisotopic (exact) mass is 1100 g/mol. The van der Waals surface area contributed by atoms with Crippen molar-refractivity contribution in [3.8, 4) is 0 Å². The van der Waals surface area contributed by atoms with Crippen LogP contribution in [0.15, 0.2) is 48.8 Å². The maximum atomic E-state index is 10.7. The highest BCUT2D eigenvalue weighted by Gasteiger charge is 2.48. The smallest absolute Gasteiger partial charge is 0.293 e. The largest absolute Gasteiger partial charge is 0.461 e. The van der Waals surface area contributed by atoms with Crippen LogP contribution in [0.4, 0.5) is 17.6 Å². The van der Waals surface area contributed by atoms with Gasteiger partial charge in [0.05, 0.1) is 12.1 Å². The molecule has 396 valence electrons. The van der Waals surface area contributed by atoms with Gasteiger partial charge in [0, 0.05) is 108 Å². The van der Waals surface area contributed by atoms with Crippen molar-refractivity contribution in [2.75, 3.05) is 67.9 Å². The first-order valence-electron chi connectivity index (χ1n) is 25.8. The number of piperidine rings is 2. The predicted octanol–water partition coefficient (Wildman–Crippen LogP) is 11.4. The number of likely N-dealkylation sites (tertiary alicyclic amines) is 2. The Morgan fingerprint density at radius 3 is 1.58 bits per heavy atom. The zero-order valence-electron chi connectivity index (χ0n) is 42.9. The fourth-order valence-corrected chi connectivity index (χ4v) is 12.8. The number of hydrogen-bond acceptors (Lipinski definition) is 14. The van der Waals surface area contributed by atoms with Crippen LogP contribution in [0.3, 0.4) is 0 Å². The number of carbonyl (C=O) groups is 2. The van der Waals surface area contributed by atoms with Crippen LogP contribution in [0.1, 0.15) is 113 Å². The molecule has 73 heavy (non-hydrogen) atoms. The minimum atomic E-state index is -0.266. The number of aromatic nitrogens is 4. The number of carbonyl (C=O) groups excluding carboxylic acids is 2. The minimum Gasteiger partial charge on any atom is -0.461 e. The summed E-state index contributed by atoms with van der Waals surface area (Å²) in [4.78, 5) is 46.3. The molecule has 4 aliphatic heterocycles. The Hall–Kier alpha value is -3.73. The molecule has 0 bridgehead atoms. The molecular weight excluding hydrogens is 1030 g/mol. The average molecular weight is 1100 g/mol. The van der Waals surface area contributed by atoms with E-state index in [2.05, 4.69) is 59.4 Å². The van der Waals surface area contributed by atoms with E-state index in [9.17, 15) is 9.59 Å². The van der Waals surface area contributed by atoms with Gasteiger partial charge in [-0.15, -0.1) is 0 Å². The van der Waals surface area contributed by atoms with E-state index in [0.717, 1.165) is 97.7 Å². The Morgan fingerprint density at radius 2 is 1.12 bits per heavy atom. The molecule has 3 N–H and O–H groups in total.